The van der Waals surface area contributed by atoms with Crippen LogP contribution in [0.3, 0.4) is 0 Å². The highest BCUT2D eigenvalue weighted by atomic mass is 16.5. The quantitative estimate of drug-likeness (QED) is 0.508. The Morgan fingerprint density at radius 1 is 0.964 bits per heavy atom. The van der Waals surface area contributed by atoms with E-state index < -0.39 is 5.97 Å². The average molecular weight is 370 g/mol. The summed E-state index contributed by atoms with van der Waals surface area (Å²) >= 11 is 0. The fourth-order valence-corrected chi connectivity index (χ4v) is 3.14. The SMILES string of the molecule is COC(=O)c1ccc2nc(-c3ccccc3)n(-c3ccc(C)cc3)c(=O)c2c1. The molecule has 0 saturated heterocycles. The van der Waals surface area contributed by atoms with Crippen molar-refractivity contribution in [3.8, 4) is 17.1 Å². The minimum Gasteiger partial charge on any atom is -0.465 e. The smallest absolute Gasteiger partial charge is 0.337 e. The van der Waals surface area contributed by atoms with Gasteiger partial charge in [-0.15, -0.1) is 0 Å². The summed E-state index contributed by atoms with van der Waals surface area (Å²) in [5.41, 5.74) is 3.25. The van der Waals surface area contributed by atoms with Crippen molar-refractivity contribution >= 4 is 16.9 Å². The van der Waals surface area contributed by atoms with E-state index in [1.54, 1.807) is 16.7 Å². The lowest BCUT2D eigenvalue weighted by Gasteiger charge is -2.14. The highest BCUT2D eigenvalue weighted by Crippen LogP contribution is 2.23. The molecule has 0 spiro atoms. The number of aromatic nitrogens is 2. The number of benzene rings is 3. The summed E-state index contributed by atoms with van der Waals surface area (Å²) in [6.07, 6.45) is 0. The summed E-state index contributed by atoms with van der Waals surface area (Å²) in [6.45, 7) is 1.99. The van der Waals surface area contributed by atoms with Crippen LogP contribution in [0.1, 0.15) is 15.9 Å². The Labute approximate surface area is 161 Å². The van der Waals surface area contributed by atoms with Crippen LogP contribution < -0.4 is 5.56 Å². The number of ether oxygens (including phenoxy) is 1. The monoisotopic (exact) mass is 370 g/mol. The van der Waals surface area contributed by atoms with E-state index >= 15 is 0 Å². The second-order valence-electron chi connectivity index (χ2n) is 6.50. The summed E-state index contributed by atoms with van der Waals surface area (Å²) in [6, 6.07) is 22.1. The molecule has 1 heterocycles. The van der Waals surface area contributed by atoms with Crippen molar-refractivity contribution in [3.63, 3.8) is 0 Å². The Hall–Kier alpha value is -3.73. The first-order chi connectivity index (χ1) is 13.6. The van der Waals surface area contributed by atoms with E-state index in [1.165, 1.54) is 13.2 Å². The van der Waals surface area contributed by atoms with Gasteiger partial charge >= 0.3 is 5.97 Å². The Bertz CT molecular complexity index is 1230. The summed E-state index contributed by atoms with van der Waals surface area (Å²) in [7, 11) is 1.31. The zero-order valence-electron chi connectivity index (χ0n) is 15.5. The van der Waals surface area contributed by atoms with Crippen LogP contribution in [0.4, 0.5) is 0 Å². The molecule has 28 heavy (non-hydrogen) atoms. The Morgan fingerprint density at radius 2 is 1.68 bits per heavy atom. The third-order valence-corrected chi connectivity index (χ3v) is 4.61. The van der Waals surface area contributed by atoms with Crippen LogP contribution in [-0.4, -0.2) is 22.6 Å². The maximum absolute atomic E-state index is 13.4. The van der Waals surface area contributed by atoms with Crippen LogP contribution >= 0.6 is 0 Å². The minimum atomic E-state index is -0.490. The van der Waals surface area contributed by atoms with E-state index in [1.807, 2.05) is 61.5 Å². The molecule has 0 aliphatic rings. The van der Waals surface area contributed by atoms with E-state index in [0.717, 1.165) is 11.1 Å². The van der Waals surface area contributed by atoms with E-state index in [-0.39, 0.29) is 5.56 Å². The van der Waals surface area contributed by atoms with Crippen LogP contribution in [0, 0.1) is 6.92 Å². The van der Waals surface area contributed by atoms with Gasteiger partial charge in [0.15, 0.2) is 0 Å². The summed E-state index contributed by atoms with van der Waals surface area (Å²) < 4.78 is 6.36. The molecule has 4 rings (SSSR count). The van der Waals surface area contributed by atoms with Gasteiger partial charge in [-0.3, -0.25) is 9.36 Å². The van der Waals surface area contributed by atoms with E-state index in [2.05, 4.69) is 0 Å². The van der Waals surface area contributed by atoms with Gasteiger partial charge < -0.3 is 4.74 Å². The number of nitrogens with zero attached hydrogens (tertiary/aromatic N) is 2. The van der Waals surface area contributed by atoms with Gasteiger partial charge in [0.2, 0.25) is 0 Å². The van der Waals surface area contributed by atoms with E-state index in [0.29, 0.717) is 28.0 Å². The summed E-state index contributed by atoms with van der Waals surface area (Å²) in [5.74, 6) is 0.0584. The Balaban J connectivity index is 2.07. The predicted molar refractivity (Wildman–Crippen MR) is 109 cm³/mol. The van der Waals surface area contributed by atoms with Gasteiger partial charge in [-0.25, -0.2) is 9.78 Å². The normalized spacial score (nSPS) is 10.8. The van der Waals surface area contributed by atoms with Crippen molar-refractivity contribution in [2.24, 2.45) is 0 Å². The van der Waals surface area contributed by atoms with Crippen molar-refractivity contribution < 1.29 is 9.53 Å². The highest BCUT2D eigenvalue weighted by molar-refractivity contribution is 5.94. The van der Waals surface area contributed by atoms with Crippen LogP contribution in [0.5, 0.6) is 0 Å². The molecule has 0 unspecified atom stereocenters. The zero-order chi connectivity index (χ0) is 19.7. The molecule has 0 bridgehead atoms. The molecule has 0 N–H and O–H groups in total. The van der Waals surface area contributed by atoms with Crippen molar-refractivity contribution in [1.82, 2.24) is 9.55 Å². The largest absolute Gasteiger partial charge is 0.465 e. The van der Waals surface area contributed by atoms with Gasteiger partial charge in [0, 0.05) is 5.56 Å². The molecule has 5 nitrogen and oxygen atoms in total. The fraction of sp³-hybridized carbons (Fsp3) is 0.0870. The van der Waals surface area contributed by atoms with E-state index in [9.17, 15) is 9.59 Å². The molecule has 5 heteroatoms. The Kier molecular flexibility index (Phi) is 4.49. The number of rotatable bonds is 3. The molecule has 0 atom stereocenters. The predicted octanol–water partition coefficient (Wildman–Crippen LogP) is 4.15. The molecular weight excluding hydrogens is 352 g/mol. The van der Waals surface area contributed by atoms with Gasteiger partial charge in [-0.05, 0) is 37.3 Å². The molecule has 1 aromatic heterocycles. The molecule has 3 aromatic carbocycles. The maximum atomic E-state index is 13.4. The summed E-state index contributed by atoms with van der Waals surface area (Å²) in [4.78, 5) is 30.1. The third kappa shape index (κ3) is 3.07. The second-order valence-corrected chi connectivity index (χ2v) is 6.50. The number of carbonyl (C=O) groups excluding carboxylic acids is 1. The lowest BCUT2D eigenvalue weighted by atomic mass is 10.1. The number of carbonyl (C=O) groups is 1. The van der Waals surface area contributed by atoms with Gasteiger partial charge in [-0.2, -0.15) is 0 Å². The lowest BCUT2D eigenvalue weighted by molar-refractivity contribution is 0.0601. The van der Waals surface area contributed by atoms with Gasteiger partial charge in [-0.1, -0.05) is 48.0 Å². The van der Waals surface area contributed by atoms with Gasteiger partial charge in [0.1, 0.15) is 5.82 Å². The lowest BCUT2D eigenvalue weighted by Crippen LogP contribution is -2.22. The molecular formula is C23H18N2O3. The number of hydrogen-bond donors (Lipinski definition) is 0. The molecule has 138 valence electrons. The Morgan fingerprint density at radius 3 is 2.36 bits per heavy atom. The maximum Gasteiger partial charge on any atom is 0.337 e. The van der Waals surface area contributed by atoms with Crippen molar-refractivity contribution in [3.05, 3.63) is 94.3 Å². The van der Waals surface area contributed by atoms with Crippen LogP contribution in [0.25, 0.3) is 28.0 Å². The first-order valence-electron chi connectivity index (χ1n) is 8.86. The first kappa shape index (κ1) is 17.7. The van der Waals surface area contributed by atoms with Crippen molar-refractivity contribution in [2.75, 3.05) is 7.11 Å². The molecule has 0 aliphatic heterocycles. The van der Waals surface area contributed by atoms with Gasteiger partial charge in [0.25, 0.3) is 5.56 Å². The zero-order valence-corrected chi connectivity index (χ0v) is 15.5. The standard InChI is InChI=1S/C23H18N2O3/c1-15-8-11-18(12-9-15)25-21(16-6-4-3-5-7-16)24-20-13-10-17(23(27)28-2)14-19(20)22(25)26/h3-14H,1-2H3. The number of hydrogen-bond acceptors (Lipinski definition) is 4. The fourth-order valence-electron chi connectivity index (χ4n) is 3.14. The minimum absolute atomic E-state index is 0.238. The van der Waals surface area contributed by atoms with E-state index in [4.69, 9.17) is 9.72 Å². The summed E-state index contributed by atoms with van der Waals surface area (Å²) in [5, 5.41) is 0.364. The number of methoxy groups -OCH3 is 1. The van der Waals surface area contributed by atoms with Crippen molar-refractivity contribution in [1.29, 1.82) is 0 Å². The molecule has 0 radical (unpaired) electrons. The van der Waals surface area contributed by atoms with Crippen LogP contribution in [-0.2, 0) is 4.74 Å². The molecule has 0 aliphatic carbocycles. The number of esters is 1. The first-order valence-corrected chi connectivity index (χ1v) is 8.86. The average Bonchev–Trinajstić information content (AvgIpc) is 2.74. The van der Waals surface area contributed by atoms with Crippen LogP contribution in [0.2, 0.25) is 0 Å². The molecule has 0 fully saturated rings. The molecule has 0 amide bonds. The van der Waals surface area contributed by atoms with Gasteiger partial charge in [0.05, 0.1) is 29.3 Å². The number of fused-ring (bicyclic) bond motifs is 1. The third-order valence-electron chi connectivity index (χ3n) is 4.61. The van der Waals surface area contributed by atoms with Crippen LogP contribution in [0.15, 0.2) is 77.6 Å². The molecule has 4 aromatic rings. The van der Waals surface area contributed by atoms with Crippen molar-refractivity contribution in [2.45, 2.75) is 6.92 Å². The second kappa shape index (κ2) is 7.12. The molecule has 0 saturated carbocycles. The topological polar surface area (TPSA) is 61.2 Å². The highest BCUT2D eigenvalue weighted by Gasteiger charge is 2.16. The number of aryl methyl sites for hydroxylation is 1.